The van der Waals surface area contributed by atoms with Crippen LogP contribution in [0, 0.1) is 10.1 Å². The summed E-state index contributed by atoms with van der Waals surface area (Å²) in [7, 11) is 0. The molecule has 0 radical (unpaired) electrons. The minimum Gasteiger partial charge on any atom is -0.326 e. The smallest absolute Gasteiger partial charge is 0.319 e. The molecule has 1 unspecified atom stereocenters. The zero-order chi connectivity index (χ0) is 17.5. The van der Waals surface area contributed by atoms with Crippen LogP contribution < -0.4 is 16.0 Å². The van der Waals surface area contributed by atoms with Gasteiger partial charge in [-0.05, 0) is 25.1 Å². The molecule has 0 saturated carbocycles. The van der Waals surface area contributed by atoms with Crippen LogP contribution in [-0.4, -0.2) is 22.9 Å². The monoisotopic (exact) mass is 328 g/mol. The Morgan fingerprint density at radius 1 is 1.00 bits per heavy atom. The van der Waals surface area contributed by atoms with Gasteiger partial charge in [0.15, 0.2) is 0 Å². The summed E-state index contributed by atoms with van der Waals surface area (Å²) < 4.78 is 0. The van der Waals surface area contributed by atoms with E-state index in [0.717, 1.165) is 0 Å². The molecule has 3 N–H and O–H groups in total. The van der Waals surface area contributed by atoms with Crippen molar-refractivity contribution in [1.82, 2.24) is 5.32 Å². The molecule has 124 valence electrons. The topological polar surface area (TPSA) is 113 Å². The molecule has 0 aromatic heterocycles. The summed E-state index contributed by atoms with van der Waals surface area (Å²) in [6.07, 6.45) is 0. The number of amides is 3. The zero-order valence-electron chi connectivity index (χ0n) is 12.9. The van der Waals surface area contributed by atoms with E-state index in [1.54, 1.807) is 24.3 Å². The second-order valence-corrected chi connectivity index (χ2v) is 4.98. The molecule has 24 heavy (non-hydrogen) atoms. The van der Waals surface area contributed by atoms with Gasteiger partial charge in [-0.3, -0.25) is 14.9 Å². The lowest BCUT2D eigenvalue weighted by Gasteiger charge is -2.14. The van der Waals surface area contributed by atoms with Gasteiger partial charge in [-0.25, -0.2) is 4.79 Å². The van der Waals surface area contributed by atoms with Gasteiger partial charge in [0.05, 0.1) is 4.92 Å². The number of para-hydroxylation sites is 1. The van der Waals surface area contributed by atoms with Gasteiger partial charge in [0, 0.05) is 23.5 Å². The molecule has 0 heterocycles. The van der Waals surface area contributed by atoms with Gasteiger partial charge in [-0.1, -0.05) is 24.3 Å². The van der Waals surface area contributed by atoms with Gasteiger partial charge in [0.2, 0.25) is 5.91 Å². The van der Waals surface area contributed by atoms with Crippen LogP contribution in [0.2, 0.25) is 0 Å². The third-order valence-electron chi connectivity index (χ3n) is 3.10. The number of urea groups is 1. The highest BCUT2D eigenvalue weighted by Gasteiger charge is 2.16. The first-order chi connectivity index (χ1) is 11.5. The van der Waals surface area contributed by atoms with E-state index in [2.05, 4.69) is 16.0 Å². The van der Waals surface area contributed by atoms with Gasteiger partial charge in [-0.15, -0.1) is 0 Å². The number of benzene rings is 2. The number of carbonyl (C=O) groups is 2. The Bertz CT molecular complexity index is 749. The number of carbonyl (C=O) groups excluding carboxylic acids is 2. The van der Waals surface area contributed by atoms with Crippen molar-refractivity contribution in [1.29, 1.82) is 0 Å². The average molecular weight is 328 g/mol. The number of nitro benzene ring substituents is 1. The first-order valence-corrected chi connectivity index (χ1v) is 7.13. The number of anilines is 2. The number of rotatable bonds is 5. The Morgan fingerprint density at radius 2 is 1.67 bits per heavy atom. The Morgan fingerprint density at radius 3 is 2.33 bits per heavy atom. The van der Waals surface area contributed by atoms with E-state index >= 15 is 0 Å². The molecule has 2 rings (SSSR count). The fourth-order valence-electron chi connectivity index (χ4n) is 1.90. The summed E-state index contributed by atoms with van der Waals surface area (Å²) in [6.45, 7) is 1.51. The molecule has 0 fully saturated rings. The standard InChI is InChI=1S/C16H16N4O4/c1-11(17-16(22)19-12-6-3-2-4-7-12)15(21)18-13-8-5-9-14(10-13)20(23)24/h2-11H,1H3,(H,18,21)(H2,17,19,22). The lowest BCUT2D eigenvalue weighted by molar-refractivity contribution is -0.384. The normalized spacial score (nSPS) is 11.2. The quantitative estimate of drug-likeness (QED) is 0.578. The summed E-state index contributed by atoms with van der Waals surface area (Å²) in [5.41, 5.74) is 0.753. The molecule has 2 aromatic carbocycles. The van der Waals surface area contributed by atoms with E-state index in [0.29, 0.717) is 5.69 Å². The number of non-ortho nitro benzene ring substituents is 1. The third kappa shape index (κ3) is 4.80. The number of nitrogens with one attached hydrogen (secondary N) is 3. The lowest BCUT2D eigenvalue weighted by atomic mass is 10.2. The SMILES string of the molecule is CC(NC(=O)Nc1ccccc1)C(=O)Nc1cccc([N+](=O)[O-])c1. The Hall–Kier alpha value is -3.42. The fourth-order valence-corrected chi connectivity index (χ4v) is 1.90. The van der Waals surface area contributed by atoms with Gasteiger partial charge >= 0.3 is 6.03 Å². The van der Waals surface area contributed by atoms with Crippen LogP contribution in [0.25, 0.3) is 0 Å². The van der Waals surface area contributed by atoms with Gasteiger partial charge < -0.3 is 16.0 Å². The van der Waals surface area contributed by atoms with Crippen LogP contribution in [0.4, 0.5) is 21.9 Å². The van der Waals surface area contributed by atoms with E-state index in [9.17, 15) is 19.7 Å². The highest BCUT2D eigenvalue weighted by Crippen LogP contribution is 2.17. The van der Waals surface area contributed by atoms with Crippen molar-refractivity contribution < 1.29 is 14.5 Å². The molecule has 8 heteroatoms. The number of nitro groups is 1. The molecule has 0 bridgehead atoms. The summed E-state index contributed by atoms with van der Waals surface area (Å²) in [5, 5.41) is 18.3. The van der Waals surface area contributed by atoms with Crippen molar-refractivity contribution in [2.75, 3.05) is 10.6 Å². The van der Waals surface area contributed by atoms with E-state index in [4.69, 9.17) is 0 Å². The molecular formula is C16H16N4O4. The summed E-state index contributed by atoms with van der Waals surface area (Å²) in [4.78, 5) is 34.1. The second kappa shape index (κ2) is 7.73. The lowest BCUT2D eigenvalue weighted by Crippen LogP contribution is -2.43. The predicted octanol–water partition coefficient (Wildman–Crippen LogP) is 2.74. The van der Waals surface area contributed by atoms with Crippen molar-refractivity contribution in [2.24, 2.45) is 0 Å². The summed E-state index contributed by atoms with van der Waals surface area (Å²) in [5.74, 6) is -0.487. The fraction of sp³-hybridized carbons (Fsp3) is 0.125. The van der Waals surface area contributed by atoms with Crippen molar-refractivity contribution in [3.63, 3.8) is 0 Å². The maximum Gasteiger partial charge on any atom is 0.319 e. The highest BCUT2D eigenvalue weighted by atomic mass is 16.6. The van der Waals surface area contributed by atoms with Crippen LogP contribution in [0.1, 0.15) is 6.92 Å². The first kappa shape index (κ1) is 16.9. The molecule has 1 atom stereocenters. The highest BCUT2D eigenvalue weighted by molar-refractivity contribution is 5.99. The van der Waals surface area contributed by atoms with E-state index in [-0.39, 0.29) is 11.4 Å². The largest absolute Gasteiger partial charge is 0.326 e. The molecule has 3 amide bonds. The van der Waals surface area contributed by atoms with Crippen molar-refractivity contribution in [3.8, 4) is 0 Å². The molecule has 0 aliphatic carbocycles. The number of hydrogen-bond donors (Lipinski definition) is 3. The zero-order valence-corrected chi connectivity index (χ0v) is 12.9. The Kier molecular flexibility index (Phi) is 5.45. The van der Waals surface area contributed by atoms with Crippen molar-refractivity contribution >= 4 is 29.0 Å². The molecule has 0 saturated heterocycles. The van der Waals surface area contributed by atoms with E-state index in [1.165, 1.54) is 31.2 Å². The maximum absolute atomic E-state index is 12.1. The minimum absolute atomic E-state index is 0.129. The van der Waals surface area contributed by atoms with Crippen LogP contribution >= 0.6 is 0 Å². The molecule has 0 aliphatic heterocycles. The molecule has 8 nitrogen and oxygen atoms in total. The van der Waals surface area contributed by atoms with Gasteiger partial charge in [0.1, 0.15) is 6.04 Å². The maximum atomic E-state index is 12.1. The third-order valence-corrected chi connectivity index (χ3v) is 3.10. The van der Waals surface area contributed by atoms with Crippen LogP contribution in [-0.2, 0) is 4.79 Å². The molecule has 0 aliphatic rings. The van der Waals surface area contributed by atoms with Crippen LogP contribution in [0.15, 0.2) is 54.6 Å². The number of hydrogen-bond acceptors (Lipinski definition) is 4. The van der Waals surface area contributed by atoms with E-state index in [1.807, 2.05) is 6.07 Å². The Labute approximate surface area is 138 Å². The predicted molar refractivity (Wildman–Crippen MR) is 89.8 cm³/mol. The van der Waals surface area contributed by atoms with Crippen molar-refractivity contribution in [2.45, 2.75) is 13.0 Å². The van der Waals surface area contributed by atoms with E-state index < -0.39 is 22.9 Å². The number of nitrogens with zero attached hydrogens (tertiary/aromatic N) is 1. The summed E-state index contributed by atoms with van der Waals surface area (Å²) in [6, 6.07) is 13.0. The van der Waals surface area contributed by atoms with Crippen LogP contribution in [0.5, 0.6) is 0 Å². The molecular weight excluding hydrogens is 312 g/mol. The van der Waals surface area contributed by atoms with Crippen molar-refractivity contribution in [3.05, 3.63) is 64.7 Å². The van der Waals surface area contributed by atoms with Gasteiger partial charge in [0.25, 0.3) is 5.69 Å². The Balaban J connectivity index is 1.91. The van der Waals surface area contributed by atoms with Crippen LogP contribution in [0.3, 0.4) is 0 Å². The minimum atomic E-state index is -0.826. The molecule has 2 aromatic rings. The average Bonchev–Trinajstić information content (AvgIpc) is 2.55. The first-order valence-electron chi connectivity index (χ1n) is 7.13. The molecule has 0 spiro atoms. The van der Waals surface area contributed by atoms with Gasteiger partial charge in [-0.2, -0.15) is 0 Å². The second-order valence-electron chi connectivity index (χ2n) is 4.98. The summed E-state index contributed by atoms with van der Waals surface area (Å²) >= 11 is 0.